The van der Waals surface area contributed by atoms with Crippen LogP contribution >= 0.6 is 0 Å². The van der Waals surface area contributed by atoms with Gasteiger partial charge in [0.05, 0.1) is 6.33 Å². The second-order valence-corrected chi connectivity index (χ2v) is 4.14. The first-order valence-corrected chi connectivity index (χ1v) is 5.47. The summed E-state index contributed by atoms with van der Waals surface area (Å²) in [4.78, 5) is 26.9. The van der Waals surface area contributed by atoms with Crippen LogP contribution in [-0.2, 0) is 11.3 Å². The van der Waals surface area contributed by atoms with Gasteiger partial charge in [0, 0.05) is 30.8 Å². The van der Waals surface area contributed by atoms with E-state index in [0.29, 0.717) is 18.7 Å². The van der Waals surface area contributed by atoms with Gasteiger partial charge in [0.1, 0.15) is 0 Å². The number of nitrogens with one attached hydrogen (secondary N) is 1. The zero-order chi connectivity index (χ0) is 11.5. The van der Waals surface area contributed by atoms with Gasteiger partial charge in [-0.05, 0) is 19.8 Å². The number of hydrogen-bond acceptors (Lipinski definition) is 3. The summed E-state index contributed by atoms with van der Waals surface area (Å²) >= 11 is 0. The van der Waals surface area contributed by atoms with Crippen molar-refractivity contribution in [3.8, 4) is 0 Å². The van der Waals surface area contributed by atoms with Gasteiger partial charge >= 0.3 is 0 Å². The second kappa shape index (κ2) is 4.47. The molecular weight excluding hydrogens is 206 g/mol. The highest BCUT2D eigenvalue weighted by Crippen LogP contribution is 2.28. The highest BCUT2D eigenvalue weighted by Gasteiger charge is 2.28. The zero-order valence-electron chi connectivity index (χ0n) is 9.27. The van der Waals surface area contributed by atoms with Crippen molar-refractivity contribution in [2.24, 2.45) is 5.92 Å². The van der Waals surface area contributed by atoms with Crippen LogP contribution in [0.5, 0.6) is 0 Å². The average molecular weight is 221 g/mol. The van der Waals surface area contributed by atoms with Crippen molar-refractivity contribution < 1.29 is 4.79 Å². The van der Waals surface area contributed by atoms with Crippen LogP contribution in [0, 0.1) is 12.8 Å². The molecule has 1 amide bonds. The van der Waals surface area contributed by atoms with Crippen molar-refractivity contribution in [2.75, 3.05) is 6.54 Å². The predicted octanol–water partition coefficient (Wildman–Crippen LogP) is 0.0779. The van der Waals surface area contributed by atoms with E-state index in [1.807, 2.05) is 0 Å². The van der Waals surface area contributed by atoms with E-state index in [-0.39, 0.29) is 17.4 Å². The first-order chi connectivity index (χ1) is 7.68. The van der Waals surface area contributed by atoms with Crippen LogP contribution in [0.2, 0.25) is 0 Å². The maximum absolute atomic E-state index is 11.6. The monoisotopic (exact) mass is 221 g/mol. The maximum Gasteiger partial charge on any atom is 0.256 e. The molecule has 0 atom stereocenters. The molecule has 0 aliphatic heterocycles. The van der Waals surface area contributed by atoms with Crippen molar-refractivity contribution in [1.82, 2.24) is 14.9 Å². The fourth-order valence-corrected chi connectivity index (χ4v) is 1.51. The number of aryl methyl sites for hydroxylation is 1. The number of rotatable bonds is 4. The Labute approximate surface area is 93.5 Å². The summed E-state index contributed by atoms with van der Waals surface area (Å²) < 4.78 is 1.52. The third kappa shape index (κ3) is 2.48. The molecule has 1 heterocycles. The molecule has 1 aliphatic carbocycles. The number of nitrogens with zero attached hydrogens (tertiary/aromatic N) is 2. The van der Waals surface area contributed by atoms with Crippen LogP contribution in [0.1, 0.15) is 18.4 Å². The minimum Gasteiger partial charge on any atom is -0.354 e. The molecule has 1 saturated carbocycles. The van der Waals surface area contributed by atoms with Gasteiger partial charge in [-0.25, -0.2) is 4.98 Å². The molecule has 0 saturated heterocycles. The predicted molar refractivity (Wildman–Crippen MR) is 59.0 cm³/mol. The Balaban J connectivity index is 1.87. The molecule has 0 unspecified atom stereocenters. The van der Waals surface area contributed by atoms with E-state index < -0.39 is 0 Å². The van der Waals surface area contributed by atoms with Crippen molar-refractivity contribution in [1.29, 1.82) is 0 Å². The summed E-state index contributed by atoms with van der Waals surface area (Å²) in [5, 5.41) is 2.81. The van der Waals surface area contributed by atoms with Crippen molar-refractivity contribution in [2.45, 2.75) is 26.3 Å². The lowest BCUT2D eigenvalue weighted by molar-refractivity contribution is -0.122. The molecule has 1 aromatic rings. The molecule has 0 aromatic carbocycles. The van der Waals surface area contributed by atoms with E-state index in [1.165, 1.54) is 10.9 Å². The van der Waals surface area contributed by atoms with Gasteiger partial charge in [0.25, 0.3) is 5.56 Å². The lowest BCUT2D eigenvalue weighted by Crippen LogP contribution is -2.32. The summed E-state index contributed by atoms with van der Waals surface area (Å²) in [6.07, 6.45) is 5.04. The Morgan fingerprint density at radius 1 is 1.62 bits per heavy atom. The Bertz CT molecular complexity index is 449. The average Bonchev–Trinajstić information content (AvgIpc) is 3.07. The first kappa shape index (κ1) is 10.9. The van der Waals surface area contributed by atoms with Gasteiger partial charge < -0.3 is 5.32 Å². The van der Waals surface area contributed by atoms with Gasteiger partial charge in [0.15, 0.2) is 0 Å². The number of hydrogen-bond donors (Lipinski definition) is 1. The van der Waals surface area contributed by atoms with Crippen LogP contribution in [0.25, 0.3) is 0 Å². The third-order valence-corrected chi connectivity index (χ3v) is 2.67. The molecule has 5 heteroatoms. The van der Waals surface area contributed by atoms with Gasteiger partial charge in [0.2, 0.25) is 5.91 Å². The van der Waals surface area contributed by atoms with Crippen LogP contribution in [-0.4, -0.2) is 22.0 Å². The minimum atomic E-state index is -0.0457. The van der Waals surface area contributed by atoms with E-state index >= 15 is 0 Å². The van der Waals surface area contributed by atoms with E-state index in [2.05, 4.69) is 10.3 Å². The first-order valence-electron chi connectivity index (χ1n) is 5.47. The quantitative estimate of drug-likeness (QED) is 0.783. The summed E-state index contributed by atoms with van der Waals surface area (Å²) in [6, 6.07) is 0. The molecule has 1 N–H and O–H groups in total. The Kier molecular flexibility index (Phi) is 3.03. The lowest BCUT2D eigenvalue weighted by atomic mass is 10.4. The summed E-state index contributed by atoms with van der Waals surface area (Å²) in [5.41, 5.74) is 0.576. The standard InChI is InChI=1S/C11H15N3O2/c1-8-6-12-7-14(11(8)16)5-4-13-10(15)9-2-3-9/h6-7,9H,2-5H2,1H3,(H,13,15). The molecule has 0 bridgehead atoms. The number of aromatic nitrogens is 2. The number of carbonyl (C=O) groups excluding carboxylic acids is 1. The summed E-state index contributed by atoms with van der Waals surface area (Å²) in [7, 11) is 0. The molecule has 1 fully saturated rings. The molecule has 1 aromatic heterocycles. The molecule has 16 heavy (non-hydrogen) atoms. The zero-order valence-corrected chi connectivity index (χ0v) is 9.27. The summed E-state index contributed by atoms with van der Waals surface area (Å²) in [6.45, 7) is 2.70. The van der Waals surface area contributed by atoms with Crippen LogP contribution < -0.4 is 10.9 Å². The molecule has 1 aliphatic rings. The molecule has 0 radical (unpaired) electrons. The highest BCUT2D eigenvalue weighted by atomic mass is 16.2. The van der Waals surface area contributed by atoms with Gasteiger partial charge in [-0.15, -0.1) is 0 Å². The molecule has 2 rings (SSSR count). The van der Waals surface area contributed by atoms with Crippen molar-refractivity contribution in [3.63, 3.8) is 0 Å². The van der Waals surface area contributed by atoms with Crippen LogP contribution in [0.15, 0.2) is 17.3 Å². The Morgan fingerprint density at radius 3 is 3.06 bits per heavy atom. The van der Waals surface area contributed by atoms with Crippen LogP contribution in [0.4, 0.5) is 0 Å². The van der Waals surface area contributed by atoms with Crippen LogP contribution in [0.3, 0.4) is 0 Å². The summed E-state index contributed by atoms with van der Waals surface area (Å²) in [5.74, 6) is 0.320. The van der Waals surface area contributed by atoms with E-state index in [0.717, 1.165) is 12.8 Å². The second-order valence-electron chi connectivity index (χ2n) is 4.14. The largest absolute Gasteiger partial charge is 0.354 e. The Hall–Kier alpha value is -1.65. The highest BCUT2D eigenvalue weighted by molar-refractivity contribution is 5.80. The lowest BCUT2D eigenvalue weighted by Gasteiger charge is -2.06. The topological polar surface area (TPSA) is 64.0 Å². The molecule has 86 valence electrons. The molecule has 0 spiro atoms. The van der Waals surface area contributed by atoms with Crippen molar-refractivity contribution in [3.05, 3.63) is 28.4 Å². The van der Waals surface area contributed by atoms with E-state index in [1.54, 1.807) is 13.1 Å². The fraction of sp³-hybridized carbons (Fsp3) is 0.545. The van der Waals surface area contributed by atoms with Crippen molar-refractivity contribution >= 4 is 5.91 Å². The van der Waals surface area contributed by atoms with Gasteiger partial charge in [-0.2, -0.15) is 0 Å². The fourth-order valence-electron chi connectivity index (χ4n) is 1.51. The normalized spacial score (nSPS) is 14.8. The van der Waals surface area contributed by atoms with Gasteiger partial charge in [-0.1, -0.05) is 0 Å². The molecule has 5 nitrogen and oxygen atoms in total. The number of amides is 1. The van der Waals surface area contributed by atoms with E-state index in [4.69, 9.17) is 0 Å². The Morgan fingerprint density at radius 2 is 2.38 bits per heavy atom. The maximum atomic E-state index is 11.6. The third-order valence-electron chi connectivity index (χ3n) is 2.67. The smallest absolute Gasteiger partial charge is 0.256 e. The van der Waals surface area contributed by atoms with E-state index in [9.17, 15) is 9.59 Å². The minimum absolute atomic E-state index is 0.0457. The molecular formula is C11H15N3O2. The van der Waals surface area contributed by atoms with Gasteiger partial charge in [-0.3, -0.25) is 14.2 Å². The number of carbonyl (C=O) groups is 1. The SMILES string of the molecule is Cc1cncn(CCNC(=O)C2CC2)c1=O.